The molecule has 0 saturated carbocycles. The summed E-state index contributed by atoms with van der Waals surface area (Å²) in [6.45, 7) is 11.8. The fourth-order valence-electron chi connectivity index (χ4n) is 6.79. The van der Waals surface area contributed by atoms with Crippen LogP contribution in [0.2, 0.25) is 0 Å². The van der Waals surface area contributed by atoms with E-state index in [1.54, 1.807) is 4.90 Å². The lowest BCUT2D eigenvalue weighted by Crippen LogP contribution is -2.48. The molecule has 4 rings (SSSR count). The Morgan fingerprint density at radius 3 is 2.38 bits per heavy atom. The molecule has 1 N–H and O–H groups in total. The van der Waals surface area contributed by atoms with Crippen molar-refractivity contribution in [2.24, 2.45) is 11.8 Å². The number of likely N-dealkylation sites (N-methyl/N-ethyl adjacent to an activating group) is 1. The van der Waals surface area contributed by atoms with Gasteiger partial charge in [-0.05, 0) is 81.0 Å². The second-order valence-electron chi connectivity index (χ2n) is 13.9. The van der Waals surface area contributed by atoms with Crippen LogP contribution in [-0.2, 0) is 19.1 Å². The molecule has 1 aromatic rings. The summed E-state index contributed by atoms with van der Waals surface area (Å²) in [7, 11) is 3.99. The Labute approximate surface area is 285 Å². The van der Waals surface area contributed by atoms with Gasteiger partial charge in [0.15, 0.2) is 0 Å². The minimum Gasteiger partial charge on any atom is -0.457 e. The summed E-state index contributed by atoms with van der Waals surface area (Å²) in [5.74, 6) is -1.09. The standard InChI is InChI=1S/C37H55FN4O6/c1-7-34(44)41-14-12-30(13-15-41)40(6)31-22-28(21-29(38)23-31)20-27(4)36-26(3)9-11-33(25(2)8-10-32(43)24-35(45)48-36)47-37(46)42-18-16-39(5)17-19-42/h9,11,20-23,25-26,30,32-33,36,43H,7-8,10,12-19,24H2,1-6H3/b11-9+,27-20+/t25-,26+,32+,33-,36+/m1/s1. The summed E-state index contributed by atoms with van der Waals surface area (Å²) < 4.78 is 27.0. The number of likely N-dealkylation sites (tertiary alicyclic amines) is 1. The van der Waals surface area contributed by atoms with Crippen LogP contribution >= 0.6 is 0 Å². The Kier molecular flexibility index (Phi) is 13.5. The maximum atomic E-state index is 15.0. The first-order chi connectivity index (χ1) is 22.8. The number of hydrogen-bond donors (Lipinski definition) is 1. The second kappa shape index (κ2) is 17.3. The number of anilines is 1. The first-order valence-corrected chi connectivity index (χ1v) is 17.5. The van der Waals surface area contributed by atoms with Gasteiger partial charge in [-0.25, -0.2) is 9.18 Å². The molecular formula is C37H55FN4O6. The van der Waals surface area contributed by atoms with Gasteiger partial charge in [-0.15, -0.1) is 0 Å². The highest BCUT2D eigenvalue weighted by molar-refractivity contribution is 5.76. The number of aliphatic hydroxyl groups is 1. The molecule has 0 bridgehead atoms. The molecule has 0 radical (unpaired) electrons. The summed E-state index contributed by atoms with van der Waals surface area (Å²) in [5, 5.41) is 10.7. The number of piperidine rings is 1. The van der Waals surface area contributed by atoms with Gasteiger partial charge in [0.1, 0.15) is 18.0 Å². The van der Waals surface area contributed by atoms with E-state index in [0.717, 1.165) is 37.2 Å². The molecule has 10 nitrogen and oxygen atoms in total. The molecule has 48 heavy (non-hydrogen) atoms. The summed E-state index contributed by atoms with van der Waals surface area (Å²) in [6.07, 6.45) is 6.11. The predicted octanol–water partition coefficient (Wildman–Crippen LogP) is 5.10. The third-order valence-electron chi connectivity index (χ3n) is 10.1. The summed E-state index contributed by atoms with van der Waals surface area (Å²) in [6, 6.07) is 5.08. The lowest BCUT2D eigenvalue weighted by Gasteiger charge is -2.38. The zero-order chi connectivity index (χ0) is 35.0. The molecule has 0 unspecified atom stereocenters. The minimum atomic E-state index is -0.883. The quantitative estimate of drug-likeness (QED) is 0.330. The van der Waals surface area contributed by atoms with E-state index in [1.807, 2.05) is 71.0 Å². The third-order valence-corrected chi connectivity index (χ3v) is 10.1. The van der Waals surface area contributed by atoms with Crippen LogP contribution in [0.4, 0.5) is 14.9 Å². The second-order valence-corrected chi connectivity index (χ2v) is 13.9. The third kappa shape index (κ3) is 10.3. The summed E-state index contributed by atoms with van der Waals surface area (Å²) in [5.41, 5.74) is 2.09. The number of halogens is 1. The average molecular weight is 671 g/mol. The van der Waals surface area contributed by atoms with Crippen molar-refractivity contribution < 1.29 is 33.4 Å². The van der Waals surface area contributed by atoms with Gasteiger partial charge in [0.25, 0.3) is 0 Å². The average Bonchev–Trinajstić information content (AvgIpc) is 3.06. The van der Waals surface area contributed by atoms with Crippen LogP contribution in [0, 0.1) is 17.7 Å². The monoisotopic (exact) mass is 670 g/mol. The van der Waals surface area contributed by atoms with Gasteiger partial charge >= 0.3 is 12.1 Å². The van der Waals surface area contributed by atoms with E-state index in [2.05, 4.69) is 9.80 Å². The van der Waals surface area contributed by atoms with Gasteiger partial charge in [0.05, 0.1) is 12.5 Å². The van der Waals surface area contributed by atoms with Crippen molar-refractivity contribution >= 4 is 29.7 Å². The smallest absolute Gasteiger partial charge is 0.410 e. The Bertz CT molecular complexity index is 1320. The van der Waals surface area contributed by atoms with Crippen LogP contribution in [0.15, 0.2) is 35.9 Å². The molecule has 266 valence electrons. The van der Waals surface area contributed by atoms with Crippen molar-refractivity contribution in [1.82, 2.24) is 14.7 Å². The van der Waals surface area contributed by atoms with Crippen molar-refractivity contribution in [3.63, 3.8) is 0 Å². The SMILES string of the molecule is CCC(=O)N1CCC(N(C)c2cc(F)cc(/C=C(\C)[C@H]3OC(=O)C[C@@H](O)CC[C@@H](C)[C@H](OC(=O)N4CCN(C)CC4)/C=C/[C@@H]3C)c2)CC1. The number of benzene rings is 1. The number of carbonyl (C=O) groups excluding carboxylic acids is 3. The van der Waals surface area contributed by atoms with Crippen LogP contribution in [0.5, 0.6) is 0 Å². The molecule has 11 heteroatoms. The molecule has 0 spiro atoms. The summed E-state index contributed by atoms with van der Waals surface area (Å²) >= 11 is 0. The van der Waals surface area contributed by atoms with E-state index in [-0.39, 0.29) is 42.1 Å². The van der Waals surface area contributed by atoms with E-state index >= 15 is 4.39 Å². The lowest BCUT2D eigenvalue weighted by atomic mass is 9.91. The van der Waals surface area contributed by atoms with Crippen LogP contribution in [0.1, 0.15) is 71.8 Å². The van der Waals surface area contributed by atoms with E-state index in [1.165, 1.54) is 12.1 Å². The number of hydrogen-bond acceptors (Lipinski definition) is 8. The Hall–Kier alpha value is -3.44. The number of carbonyl (C=O) groups is 3. The van der Waals surface area contributed by atoms with E-state index in [9.17, 15) is 19.5 Å². The maximum Gasteiger partial charge on any atom is 0.410 e. The van der Waals surface area contributed by atoms with Crippen molar-refractivity contribution in [3.05, 3.63) is 47.3 Å². The van der Waals surface area contributed by atoms with E-state index < -0.39 is 24.3 Å². The van der Waals surface area contributed by atoms with Crippen LogP contribution in [0.3, 0.4) is 0 Å². The fourth-order valence-corrected chi connectivity index (χ4v) is 6.79. The van der Waals surface area contributed by atoms with Gasteiger partial charge in [-0.2, -0.15) is 0 Å². The van der Waals surface area contributed by atoms with Gasteiger partial charge in [-0.1, -0.05) is 32.9 Å². The Morgan fingerprint density at radius 1 is 1.02 bits per heavy atom. The number of esters is 1. The first-order valence-electron chi connectivity index (χ1n) is 17.5. The molecule has 0 aromatic heterocycles. The fraction of sp³-hybridized carbons (Fsp3) is 0.649. The number of rotatable bonds is 6. The molecule has 2 saturated heterocycles. The largest absolute Gasteiger partial charge is 0.457 e. The Morgan fingerprint density at radius 2 is 1.71 bits per heavy atom. The zero-order valence-corrected chi connectivity index (χ0v) is 29.6. The lowest BCUT2D eigenvalue weighted by molar-refractivity contribution is -0.151. The van der Waals surface area contributed by atoms with Crippen molar-refractivity contribution in [3.8, 4) is 0 Å². The van der Waals surface area contributed by atoms with E-state index in [4.69, 9.17) is 9.47 Å². The van der Waals surface area contributed by atoms with Crippen molar-refractivity contribution in [1.29, 1.82) is 0 Å². The normalized spacial score (nSPS) is 27.8. The molecule has 5 atom stereocenters. The molecule has 3 aliphatic rings. The number of piperazine rings is 1. The van der Waals surface area contributed by atoms with Gasteiger partial charge < -0.3 is 34.2 Å². The molecule has 3 heterocycles. The number of cyclic esters (lactones) is 1. The predicted molar refractivity (Wildman–Crippen MR) is 185 cm³/mol. The van der Waals surface area contributed by atoms with Gasteiger partial charge in [0, 0.05) is 70.4 Å². The number of amides is 2. The van der Waals surface area contributed by atoms with Crippen LogP contribution in [0.25, 0.3) is 6.08 Å². The van der Waals surface area contributed by atoms with Crippen molar-refractivity contribution in [2.75, 3.05) is 58.3 Å². The van der Waals surface area contributed by atoms with Crippen LogP contribution in [-0.4, -0.2) is 115 Å². The van der Waals surface area contributed by atoms with Gasteiger partial charge in [-0.3, -0.25) is 9.59 Å². The topological polar surface area (TPSA) is 103 Å². The minimum absolute atomic E-state index is 0.0767. The van der Waals surface area contributed by atoms with E-state index in [0.29, 0.717) is 51.0 Å². The molecule has 1 aromatic carbocycles. The highest BCUT2D eigenvalue weighted by Gasteiger charge is 2.30. The zero-order valence-electron chi connectivity index (χ0n) is 29.6. The highest BCUT2D eigenvalue weighted by Crippen LogP contribution is 2.29. The number of nitrogens with zero attached hydrogens (tertiary/aromatic N) is 4. The molecule has 2 fully saturated rings. The first kappa shape index (κ1) is 37.4. The highest BCUT2D eigenvalue weighted by atomic mass is 19.1. The molecule has 3 aliphatic heterocycles. The maximum absolute atomic E-state index is 15.0. The molecule has 0 aliphatic carbocycles. The Balaban J connectivity index is 1.53. The number of ether oxygens (including phenoxy) is 2. The number of aliphatic hydroxyl groups excluding tert-OH is 1. The van der Waals surface area contributed by atoms with Crippen molar-refractivity contribution in [2.45, 2.75) is 90.6 Å². The molecular weight excluding hydrogens is 615 g/mol. The van der Waals surface area contributed by atoms with Gasteiger partial charge in [0.2, 0.25) is 5.91 Å². The molecule has 2 amide bonds. The van der Waals surface area contributed by atoms with Crippen LogP contribution < -0.4 is 4.90 Å². The summed E-state index contributed by atoms with van der Waals surface area (Å²) in [4.78, 5) is 46.1.